The number of hydrogen-bond acceptors (Lipinski definition) is 3. The van der Waals surface area contributed by atoms with Gasteiger partial charge in [-0.3, -0.25) is 4.79 Å². The van der Waals surface area contributed by atoms with E-state index in [1.807, 2.05) is 48.0 Å². The number of carbonyl (C=O) groups is 1. The molecule has 5 nitrogen and oxygen atoms in total. The molecule has 0 radical (unpaired) electrons. The lowest BCUT2D eigenvalue weighted by molar-refractivity contribution is -0.115. The number of benzene rings is 2. The number of ether oxygens (including phenoxy) is 1. The molecule has 0 aliphatic carbocycles. The van der Waals surface area contributed by atoms with Crippen molar-refractivity contribution < 1.29 is 9.53 Å². The minimum atomic E-state index is -0.0973. The third-order valence-electron chi connectivity index (χ3n) is 4.13. The van der Waals surface area contributed by atoms with E-state index in [0.717, 1.165) is 16.8 Å². The first-order valence-corrected chi connectivity index (χ1v) is 8.57. The maximum atomic E-state index is 12.5. The van der Waals surface area contributed by atoms with E-state index >= 15 is 0 Å². The second-order valence-corrected chi connectivity index (χ2v) is 6.35. The summed E-state index contributed by atoms with van der Waals surface area (Å²) in [5.74, 6) is 1.32. The summed E-state index contributed by atoms with van der Waals surface area (Å²) in [6.07, 6.45) is 0.249. The van der Waals surface area contributed by atoms with E-state index < -0.39 is 0 Å². The quantitative estimate of drug-likeness (QED) is 0.737. The van der Waals surface area contributed by atoms with Crippen LogP contribution < -0.4 is 10.1 Å². The molecule has 0 aliphatic rings. The maximum absolute atomic E-state index is 12.5. The second-order valence-electron chi connectivity index (χ2n) is 6.35. The van der Waals surface area contributed by atoms with Gasteiger partial charge in [0.2, 0.25) is 5.91 Å². The summed E-state index contributed by atoms with van der Waals surface area (Å²) in [5, 5.41) is 7.48. The molecule has 1 N–H and O–H groups in total. The Hall–Kier alpha value is -3.08. The molecule has 0 atom stereocenters. The van der Waals surface area contributed by atoms with Gasteiger partial charge in [0.05, 0.1) is 25.8 Å². The molecule has 0 aliphatic heterocycles. The van der Waals surface area contributed by atoms with Crippen molar-refractivity contribution >= 4 is 11.7 Å². The monoisotopic (exact) mass is 349 g/mol. The van der Waals surface area contributed by atoms with Crippen LogP contribution in [0.4, 0.5) is 5.82 Å². The zero-order valence-electron chi connectivity index (χ0n) is 15.3. The molecular weight excluding hydrogens is 326 g/mol. The van der Waals surface area contributed by atoms with Crippen LogP contribution in [0.25, 0.3) is 0 Å². The van der Waals surface area contributed by atoms with Crippen LogP contribution in [-0.2, 0) is 17.8 Å². The summed E-state index contributed by atoms with van der Waals surface area (Å²) in [4.78, 5) is 12.5. The van der Waals surface area contributed by atoms with E-state index in [4.69, 9.17) is 4.74 Å². The molecule has 134 valence electrons. The first-order valence-electron chi connectivity index (χ1n) is 8.57. The van der Waals surface area contributed by atoms with E-state index in [-0.39, 0.29) is 12.3 Å². The van der Waals surface area contributed by atoms with Gasteiger partial charge in [0.25, 0.3) is 0 Å². The Morgan fingerprint density at radius 1 is 1.12 bits per heavy atom. The number of amides is 1. The van der Waals surface area contributed by atoms with Crippen molar-refractivity contribution in [2.24, 2.45) is 0 Å². The summed E-state index contributed by atoms with van der Waals surface area (Å²) in [6.45, 7) is 4.59. The Labute approximate surface area is 153 Å². The summed E-state index contributed by atoms with van der Waals surface area (Å²) in [7, 11) is 1.61. The van der Waals surface area contributed by atoms with Crippen LogP contribution in [0.15, 0.2) is 54.6 Å². The van der Waals surface area contributed by atoms with Crippen LogP contribution in [0.3, 0.4) is 0 Å². The van der Waals surface area contributed by atoms with Gasteiger partial charge in [-0.15, -0.1) is 0 Å². The summed E-state index contributed by atoms with van der Waals surface area (Å²) in [5.41, 5.74) is 4.07. The molecule has 3 rings (SSSR count). The number of aromatic nitrogens is 2. The van der Waals surface area contributed by atoms with Gasteiger partial charge in [0.15, 0.2) is 0 Å². The highest BCUT2D eigenvalue weighted by molar-refractivity contribution is 5.91. The number of nitrogens with zero attached hydrogens (tertiary/aromatic N) is 2. The molecule has 3 aromatic rings. The number of rotatable bonds is 6. The van der Waals surface area contributed by atoms with Crippen molar-refractivity contribution in [2.45, 2.75) is 26.8 Å². The molecular formula is C21H23N3O2. The van der Waals surface area contributed by atoms with Gasteiger partial charge >= 0.3 is 0 Å². The molecule has 0 bridgehead atoms. The number of aryl methyl sites for hydroxylation is 2. The highest BCUT2D eigenvalue weighted by atomic mass is 16.5. The van der Waals surface area contributed by atoms with Gasteiger partial charge in [-0.2, -0.15) is 5.10 Å². The molecule has 0 fully saturated rings. The van der Waals surface area contributed by atoms with Gasteiger partial charge in [-0.1, -0.05) is 48.0 Å². The molecule has 0 saturated carbocycles. The molecule has 5 heteroatoms. The molecule has 2 aromatic carbocycles. The van der Waals surface area contributed by atoms with Gasteiger partial charge in [-0.05, 0) is 25.5 Å². The van der Waals surface area contributed by atoms with E-state index in [1.54, 1.807) is 7.11 Å². The van der Waals surface area contributed by atoms with Crippen LogP contribution in [0, 0.1) is 13.8 Å². The fraction of sp³-hybridized carbons (Fsp3) is 0.238. The fourth-order valence-electron chi connectivity index (χ4n) is 2.96. The molecule has 1 aromatic heterocycles. The van der Waals surface area contributed by atoms with E-state index in [9.17, 15) is 4.79 Å². The number of carbonyl (C=O) groups excluding carboxylic acids is 1. The normalized spacial score (nSPS) is 10.6. The second kappa shape index (κ2) is 7.87. The van der Waals surface area contributed by atoms with Gasteiger partial charge < -0.3 is 10.1 Å². The van der Waals surface area contributed by atoms with Crippen molar-refractivity contribution in [3.8, 4) is 5.75 Å². The Morgan fingerprint density at radius 3 is 2.69 bits per heavy atom. The maximum Gasteiger partial charge on any atom is 0.230 e. The average Bonchev–Trinajstić information content (AvgIpc) is 2.94. The minimum Gasteiger partial charge on any atom is -0.496 e. The first-order chi connectivity index (χ1) is 12.5. The Bertz CT molecular complexity index is 915. The van der Waals surface area contributed by atoms with E-state index in [0.29, 0.717) is 18.1 Å². The predicted molar refractivity (Wildman–Crippen MR) is 103 cm³/mol. The molecule has 26 heavy (non-hydrogen) atoms. The van der Waals surface area contributed by atoms with Gasteiger partial charge in [0.1, 0.15) is 11.6 Å². The third kappa shape index (κ3) is 4.30. The fourth-order valence-corrected chi connectivity index (χ4v) is 2.96. The minimum absolute atomic E-state index is 0.0973. The zero-order valence-corrected chi connectivity index (χ0v) is 15.3. The predicted octanol–water partition coefficient (Wildman–Crippen LogP) is 3.74. The van der Waals surface area contributed by atoms with Gasteiger partial charge in [0, 0.05) is 11.6 Å². The highest BCUT2D eigenvalue weighted by Crippen LogP contribution is 2.19. The standard InChI is InChI=1S/C21H23N3O2/c1-15-7-6-8-17(11-15)14-24-20(12-16(2)23-24)22-21(25)13-18-9-4-5-10-19(18)26-3/h4-12H,13-14H2,1-3H3,(H,22,25). The Morgan fingerprint density at radius 2 is 1.92 bits per heavy atom. The largest absolute Gasteiger partial charge is 0.496 e. The molecule has 1 heterocycles. The number of anilines is 1. The van der Waals surface area contributed by atoms with E-state index in [1.165, 1.54) is 5.56 Å². The van der Waals surface area contributed by atoms with Crippen molar-refractivity contribution in [2.75, 3.05) is 12.4 Å². The lowest BCUT2D eigenvalue weighted by Gasteiger charge is -2.11. The van der Waals surface area contributed by atoms with E-state index in [2.05, 4.69) is 35.5 Å². The van der Waals surface area contributed by atoms with Crippen LogP contribution >= 0.6 is 0 Å². The zero-order chi connectivity index (χ0) is 18.5. The molecule has 0 unspecified atom stereocenters. The van der Waals surface area contributed by atoms with Crippen molar-refractivity contribution in [3.05, 3.63) is 77.0 Å². The number of para-hydroxylation sites is 1. The lowest BCUT2D eigenvalue weighted by Crippen LogP contribution is -2.18. The number of hydrogen-bond donors (Lipinski definition) is 1. The van der Waals surface area contributed by atoms with Crippen molar-refractivity contribution in [1.82, 2.24) is 9.78 Å². The molecule has 1 amide bonds. The van der Waals surface area contributed by atoms with Gasteiger partial charge in [-0.25, -0.2) is 4.68 Å². The molecule has 0 saturated heterocycles. The highest BCUT2D eigenvalue weighted by Gasteiger charge is 2.12. The lowest BCUT2D eigenvalue weighted by atomic mass is 10.1. The van der Waals surface area contributed by atoms with Crippen LogP contribution in [-0.4, -0.2) is 22.8 Å². The SMILES string of the molecule is COc1ccccc1CC(=O)Nc1cc(C)nn1Cc1cccc(C)c1. The van der Waals surface area contributed by atoms with Crippen LogP contribution in [0.5, 0.6) is 5.75 Å². The Balaban J connectivity index is 1.74. The Kier molecular flexibility index (Phi) is 5.37. The van der Waals surface area contributed by atoms with Crippen molar-refractivity contribution in [1.29, 1.82) is 0 Å². The summed E-state index contributed by atoms with van der Waals surface area (Å²) in [6, 6.07) is 17.7. The average molecular weight is 349 g/mol. The number of methoxy groups -OCH3 is 1. The van der Waals surface area contributed by atoms with Crippen LogP contribution in [0.1, 0.15) is 22.4 Å². The van der Waals surface area contributed by atoms with Crippen LogP contribution in [0.2, 0.25) is 0 Å². The first kappa shape index (κ1) is 17.7. The summed E-state index contributed by atoms with van der Waals surface area (Å²) >= 11 is 0. The summed E-state index contributed by atoms with van der Waals surface area (Å²) < 4.78 is 7.14. The smallest absolute Gasteiger partial charge is 0.230 e. The van der Waals surface area contributed by atoms with Crippen molar-refractivity contribution in [3.63, 3.8) is 0 Å². The third-order valence-corrected chi connectivity index (χ3v) is 4.13. The number of nitrogens with one attached hydrogen (secondary N) is 1. The topological polar surface area (TPSA) is 56.1 Å². The molecule has 0 spiro atoms.